The maximum absolute atomic E-state index is 12.3. The first-order valence-corrected chi connectivity index (χ1v) is 9.38. The van der Waals surface area contributed by atoms with E-state index in [1.165, 1.54) is 24.3 Å². The van der Waals surface area contributed by atoms with Crippen molar-refractivity contribution in [3.8, 4) is 16.9 Å². The van der Waals surface area contributed by atoms with Gasteiger partial charge in [0.2, 0.25) is 0 Å². The summed E-state index contributed by atoms with van der Waals surface area (Å²) < 4.78 is 40.9. The molecule has 2 aromatic heterocycles. The van der Waals surface area contributed by atoms with Gasteiger partial charge in [0, 0.05) is 34.6 Å². The molecule has 0 bridgehead atoms. The monoisotopic (exact) mass is 416 g/mol. The normalized spacial score (nSPS) is 14.3. The first kappa shape index (κ1) is 21.8. The van der Waals surface area contributed by atoms with E-state index in [1.54, 1.807) is 24.5 Å². The van der Waals surface area contributed by atoms with E-state index in [-0.39, 0.29) is 5.75 Å². The van der Waals surface area contributed by atoms with Gasteiger partial charge in [-0.15, -0.1) is 13.2 Å². The summed E-state index contributed by atoms with van der Waals surface area (Å²) >= 11 is 0. The molecule has 30 heavy (non-hydrogen) atoms. The lowest BCUT2D eigenvalue weighted by Gasteiger charge is -2.40. The van der Waals surface area contributed by atoms with Crippen LogP contribution in [0.25, 0.3) is 11.1 Å². The highest BCUT2D eigenvalue weighted by Crippen LogP contribution is 2.44. The minimum Gasteiger partial charge on any atom is -0.406 e. The Morgan fingerprint density at radius 1 is 0.800 bits per heavy atom. The van der Waals surface area contributed by atoms with Crippen molar-refractivity contribution in [1.29, 1.82) is 0 Å². The predicted octanol–water partition coefficient (Wildman–Crippen LogP) is 5.63. The summed E-state index contributed by atoms with van der Waals surface area (Å²) in [5, 5.41) is 11.7. The number of halogens is 3. The molecule has 1 atom stereocenters. The van der Waals surface area contributed by atoms with Crippen LogP contribution in [0.2, 0.25) is 0 Å². The van der Waals surface area contributed by atoms with Crippen molar-refractivity contribution in [3.05, 3.63) is 77.9 Å². The molecule has 0 spiro atoms. The Bertz CT molecular complexity index is 993. The zero-order valence-corrected chi connectivity index (χ0v) is 17.2. The third kappa shape index (κ3) is 4.46. The molecule has 0 aliphatic heterocycles. The van der Waals surface area contributed by atoms with Crippen molar-refractivity contribution in [1.82, 2.24) is 9.97 Å². The van der Waals surface area contributed by atoms with Crippen molar-refractivity contribution >= 4 is 0 Å². The Morgan fingerprint density at radius 2 is 1.43 bits per heavy atom. The molecule has 3 rings (SSSR count). The summed E-state index contributed by atoms with van der Waals surface area (Å²) in [6, 6.07) is 12.7. The zero-order chi connectivity index (χ0) is 22.2. The molecule has 0 amide bonds. The standard InChI is InChI=1S/C23H23F3N2O2/c1-15-5-9-18(14-27-15)22(29,21(2,3)4)20-12-8-17(13-28-20)16-6-10-19(11-7-16)30-23(24,25)26/h5-14,29H,1-4H3. The molecular weight excluding hydrogens is 393 g/mol. The SMILES string of the molecule is Cc1ccc(C(O)(c2ccc(-c3ccc(OC(F)(F)F)cc3)cn2)C(C)(C)C)cn1. The Balaban J connectivity index is 1.93. The molecule has 1 N–H and O–H groups in total. The van der Waals surface area contributed by atoms with Crippen molar-refractivity contribution in [2.75, 3.05) is 0 Å². The topological polar surface area (TPSA) is 55.2 Å². The second kappa shape index (κ2) is 7.72. The molecule has 4 nitrogen and oxygen atoms in total. The number of hydrogen-bond acceptors (Lipinski definition) is 4. The van der Waals surface area contributed by atoms with Crippen LogP contribution in [-0.4, -0.2) is 21.4 Å². The van der Waals surface area contributed by atoms with E-state index in [1.807, 2.05) is 39.8 Å². The second-order valence-electron chi connectivity index (χ2n) is 8.15. The van der Waals surface area contributed by atoms with Gasteiger partial charge in [-0.2, -0.15) is 0 Å². The lowest BCUT2D eigenvalue weighted by molar-refractivity contribution is -0.274. The van der Waals surface area contributed by atoms with Crippen molar-refractivity contribution in [2.45, 2.75) is 39.7 Å². The molecule has 7 heteroatoms. The highest BCUT2D eigenvalue weighted by molar-refractivity contribution is 5.63. The summed E-state index contributed by atoms with van der Waals surface area (Å²) in [6.45, 7) is 7.63. The van der Waals surface area contributed by atoms with Crippen LogP contribution in [0.1, 0.15) is 37.7 Å². The van der Waals surface area contributed by atoms with Gasteiger partial charge in [-0.3, -0.25) is 9.97 Å². The molecular formula is C23H23F3N2O2. The first-order valence-electron chi connectivity index (χ1n) is 9.38. The van der Waals surface area contributed by atoms with Crippen LogP contribution in [0, 0.1) is 12.3 Å². The van der Waals surface area contributed by atoms with Crippen molar-refractivity contribution in [2.24, 2.45) is 5.41 Å². The summed E-state index contributed by atoms with van der Waals surface area (Å²) in [5.41, 5.74) is 1.37. The molecule has 0 fully saturated rings. The van der Waals surface area contributed by atoms with Crippen LogP contribution >= 0.6 is 0 Å². The molecule has 1 aromatic carbocycles. The third-order valence-electron chi connectivity index (χ3n) is 4.97. The fourth-order valence-corrected chi connectivity index (χ4v) is 3.27. The molecule has 0 saturated heterocycles. The third-order valence-corrected chi connectivity index (χ3v) is 4.97. The van der Waals surface area contributed by atoms with Gasteiger partial charge in [0.1, 0.15) is 11.4 Å². The van der Waals surface area contributed by atoms with Gasteiger partial charge in [0.15, 0.2) is 0 Å². The number of aliphatic hydroxyl groups is 1. The molecule has 0 aliphatic rings. The Morgan fingerprint density at radius 3 is 1.90 bits per heavy atom. The molecule has 158 valence electrons. The summed E-state index contributed by atoms with van der Waals surface area (Å²) in [4.78, 5) is 8.79. The van der Waals surface area contributed by atoms with Crippen LogP contribution in [0.5, 0.6) is 5.75 Å². The quantitative estimate of drug-likeness (QED) is 0.599. The maximum Gasteiger partial charge on any atom is 0.573 e. The molecule has 0 saturated carbocycles. The van der Waals surface area contributed by atoms with Gasteiger partial charge in [-0.1, -0.05) is 45.0 Å². The van der Waals surface area contributed by atoms with Gasteiger partial charge >= 0.3 is 6.36 Å². The number of nitrogens with zero attached hydrogens (tertiary/aromatic N) is 2. The number of ether oxygens (including phenoxy) is 1. The van der Waals surface area contributed by atoms with E-state index >= 15 is 0 Å². The number of aryl methyl sites for hydroxylation is 1. The van der Waals surface area contributed by atoms with E-state index in [0.29, 0.717) is 22.4 Å². The van der Waals surface area contributed by atoms with Crippen LogP contribution in [0.15, 0.2) is 60.9 Å². The average Bonchev–Trinajstić information content (AvgIpc) is 2.66. The fraction of sp³-hybridized carbons (Fsp3) is 0.304. The summed E-state index contributed by atoms with van der Waals surface area (Å²) in [6.07, 6.45) is -1.49. The van der Waals surface area contributed by atoms with E-state index in [2.05, 4.69) is 14.7 Å². The van der Waals surface area contributed by atoms with Crippen LogP contribution in [0.3, 0.4) is 0 Å². The van der Waals surface area contributed by atoms with E-state index < -0.39 is 17.4 Å². The minimum absolute atomic E-state index is 0.287. The predicted molar refractivity (Wildman–Crippen MR) is 108 cm³/mol. The van der Waals surface area contributed by atoms with Gasteiger partial charge in [0.05, 0.1) is 5.69 Å². The number of alkyl halides is 3. The highest BCUT2D eigenvalue weighted by atomic mass is 19.4. The van der Waals surface area contributed by atoms with Gasteiger partial charge in [0.25, 0.3) is 0 Å². The van der Waals surface area contributed by atoms with E-state index in [0.717, 1.165) is 5.69 Å². The van der Waals surface area contributed by atoms with Crippen LogP contribution < -0.4 is 4.74 Å². The molecule has 0 aliphatic carbocycles. The fourth-order valence-electron chi connectivity index (χ4n) is 3.27. The maximum atomic E-state index is 12.3. The van der Waals surface area contributed by atoms with Crippen molar-refractivity contribution in [3.63, 3.8) is 0 Å². The molecule has 3 aromatic rings. The lowest BCUT2D eigenvalue weighted by Crippen LogP contribution is -2.42. The Labute approximate surface area is 173 Å². The summed E-state index contributed by atoms with van der Waals surface area (Å²) in [7, 11) is 0. The van der Waals surface area contributed by atoms with Crippen LogP contribution in [-0.2, 0) is 5.60 Å². The number of hydrogen-bond donors (Lipinski definition) is 1. The lowest BCUT2D eigenvalue weighted by atomic mass is 9.70. The number of aromatic nitrogens is 2. The van der Waals surface area contributed by atoms with E-state index in [4.69, 9.17) is 0 Å². The largest absolute Gasteiger partial charge is 0.573 e. The molecule has 0 radical (unpaired) electrons. The van der Waals surface area contributed by atoms with Gasteiger partial charge < -0.3 is 9.84 Å². The van der Waals surface area contributed by atoms with E-state index in [9.17, 15) is 18.3 Å². The zero-order valence-electron chi connectivity index (χ0n) is 17.2. The molecule has 1 unspecified atom stereocenters. The van der Waals surface area contributed by atoms with Gasteiger partial charge in [-0.05, 0) is 36.8 Å². The average molecular weight is 416 g/mol. The minimum atomic E-state index is -4.73. The summed E-state index contributed by atoms with van der Waals surface area (Å²) in [5.74, 6) is -0.287. The van der Waals surface area contributed by atoms with Gasteiger partial charge in [-0.25, -0.2) is 0 Å². The Hall–Kier alpha value is -2.93. The van der Waals surface area contributed by atoms with Crippen LogP contribution in [0.4, 0.5) is 13.2 Å². The Kier molecular flexibility index (Phi) is 5.60. The number of pyridine rings is 2. The first-order chi connectivity index (χ1) is 13.9. The highest BCUT2D eigenvalue weighted by Gasteiger charge is 2.44. The molecule has 2 heterocycles. The second-order valence-corrected chi connectivity index (χ2v) is 8.15. The van der Waals surface area contributed by atoms with Crippen molar-refractivity contribution < 1.29 is 23.0 Å². The number of benzene rings is 1. The number of rotatable bonds is 4. The smallest absolute Gasteiger partial charge is 0.406 e.